The number of rotatable bonds is 5. The summed E-state index contributed by atoms with van der Waals surface area (Å²) in [7, 11) is 0. The molecule has 0 fully saturated rings. The summed E-state index contributed by atoms with van der Waals surface area (Å²) >= 11 is 0. The first-order valence-corrected chi connectivity index (χ1v) is 9.07. The summed E-state index contributed by atoms with van der Waals surface area (Å²) in [5.74, 6) is -2.66. The first-order chi connectivity index (χ1) is 13.6. The Bertz CT molecular complexity index is 942. The Morgan fingerprint density at radius 3 is 2.55 bits per heavy atom. The zero-order valence-electron chi connectivity index (χ0n) is 15.7. The van der Waals surface area contributed by atoms with Crippen LogP contribution in [0.4, 0.5) is 22.0 Å². The van der Waals surface area contributed by atoms with Gasteiger partial charge in [0, 0.05) is 41.6 Å². The van der Waals surface area contributed by atoms with E-state index in [2.05, 4.69) is 15.6 Å². The van der Waals surface area contributed by atoms with E-state index in [1.54, 1.807) is 13.1 Å². The van der Waals surface area contributed by atoms with Crippen LogP contribution >= 0.6 is 0 Å². The molecule has 2 atom stereocenters. The number of halogens is 5. The molecule has 3 N–H and O–H groups in total. The predicted octanol–water partition coefficient (Wildman–Crippen LogP) is 5.02. The van der Waals surface area contributed by atoms with Gasteiger partial charge >= 0.3 is 6.18 Å². The molecule has 2 unspecified atom stereocenters. The zero-order chi connectivity index (χ0) is 21.3. The van der Waals surface area contributed by atoms with Crippen molar-refractivity contribution in [3.63, 3.8) is 0 Å². The second kappa shape index (κ2) is 7.88. The second-order valence-electron chi connectivity index (χ2n) is 6.96. The Labute approximate surface area is 164 Å². The molecule has 0 spiro atoms. The van der Waals surface area contributed by atoms with Crippen LogP contribution in [0.3, 0.4) is 0 Å². The second-order valence-corrected chi connectivity index (χ2v) is 6.96. The minimum atomic E-state index is -4.76. The van der Waals surface area contributed by atoms with Gasteiger partial charge in [0.15, 0.2) is 0 Å². The third-order valence-corrected chi connectivity index (χ3v) is 4.82. The van der Waals surface area contributed by atoms with Crippen LogP contribution in [-0.2, 0) is 6.18 Å². The van der Waals surface area contributed by atoms with Gasteiger partial charge in [-0.15, -0.1) is 0 Å². The zero-order valence-corrected chi connectivity index (χ0v) is 15.7. The molecule has 0 saturated heterocycles. The first-order valence-electron chi connectivity index (χ1n) is 9.07. The third kappa shape index (κ3) is 4.60. The molecule has 1 aliphatic heterocycles. The topological polar surface area (TPSA) is 57.2 Å². The number of aromatic hydroxyl groups is 1. The van der Waals surface area contributed by atoms with Crippen LogP contribution in [0.25, 0.3) is 11.3 Å². The number of nitrogens with zero attached hydrogens (tertiary/aromatic N) is 1. The van der Waals surface area contributed by atoms with Crippen LogP contribution in [-0.4, -0.2) is 16.1 Å². The highest BCUT2D eigenvalue weighted by atomic mass is 19.4. The fourth-order valence-corrected chi connectivity index (χ4v) is 3.23. The summed E-state index contributed by atoms with van der Waals surface area (Å²) in [5.41, 5.74) is -1.28. The number of hydrogen-bond donors (Lipinski definition) is 3. The van der Waals surface area contributed by atoms with Crippen molar-refractivity contribution in [3.05, 3.63) is 58.9 Å². The smallest absolute Gasteiger partial charge is 0.416 e. The minimum Gasteiger partial charge on any atom is -0.493 e. The molecule has 2 heterocycles. The van der Waals surface area contributed by atoms with Crippen molar-refractivity contribution in [2.45, 2.75) is 44.9 Å². The lowest BCUT2D eigenvalue weighted by atomic mass is 10.0. The van der Waals surface area contributed by atoms with Crippen molar-refractivity contribution in [1.82, 2.24) is 15.6 Å². The largest absolute Gasteiger partial charge is 0.493 e. The molecule has 0 radical (unpaired) electrons. The number of benzene rings is 1. The van der Waals surface area contributed by atoms with Crippen molar-refractivity contribution >= 4 is 0 Å². The van der Waals surface area contributed by atoms with Crippen LogP contribution < -0.4 is 10.6 Å². The van der Waals surface area contributed by atoms with E-state index < -0.39 is 46.6 Å². The van der Waals surface area contributed by atoms with Crippen LogP contribution in [0, 0.1) is 11.6 Å². The lowest BCUT2D eigenvalue weighted by Crippen LogP contribution is -2.20. The molecule has 1 aliphatic rings. The molecule has 2 aromatic rings. The van der Waals surface area contributed by atoms with E-state index in [1.165, 1.54) is 0 Å². The number of aromatic nitrogens is 1. The molecular weight excluding hydrogens is 393 g/mol. The van der Waals surface area contributed by atoms with Gasteiger partial charge in [0.25, 0.3) is 0 Å². The lowest BCUT2D eigenvalue weighted by Gasteiger charge is -2.18. The average molecular weight is 413 g/mol. The molecule has 156 valence electrons. The summed E-state index contributed by atoms with van der Waals surface area (Å²) in [6, 6.07) is 2.44. The third-order valence-electron chi connectivity index (χ3n) is 4.82. The van der Waals surface area contributed by atoms with Gasteiger partial charge in [0.1, 0.15) is 11.6 Å². The lowest BCUT2D eigenvalue weighted by molar-refractivity contribution is -0.137. The summed E-state index contributed by atoms with van der Waals surface area (Å²) < 4.78 is 68.1. The molecule has 29 heavy (non-hydrogen) atoms. The van der Waals surface area contributed by atoms with Crippen LogP contribution in [0.2, 0.25) is 0 Å². The quantitative estimate of drug-likeness (QED) is 0.603. The van der Waals surface area contributed by atoms with Crippen molar-refractivity contribution in [2.75, 3.05) is 0 Å². The van der Waals surface area contributed by atoms with Gasteiger partial charge in [-0.25, -0.2) is 13.8 Å². The summed E-state index contributed by atoms with van der Waals surface area (Å²) in [4.78, 5) is 3.51. The van der Waals surface area contributed by atoms with Crippen molar-refractivity contribution < 1.29 is 27.1 Å². The van der Waals surface area contributed by atoms with Gasteiger partial charge in [0.05, 0.1) is 17.3 Å². The molecule has 0 bridgehead atoms. The maximum atomic E-state index is 14.7. The first kappa shape index (κ1) is 20.9. The van der Waals surface area contributed by atoms with Gasteiger partial charge in [-0.2, -0.15) is 13.2 Å². The molecule has 0 aliphatic carbocycles. The van der Waals surface area contributed by atoms with Crippen LogP contribution in [0.1, 0.15) is 43.9 Å². The molecule has 1 aromatic heterocycles. The molecule has 0 saturated carbocycles. The number of nitrogens with one attached hydrogen (secondary N) is 2. The van der Waals surface area contributed by atoms with E-state index >= 15 is 0 Å². The van der Waals surface area contributed by atoms with E-state index in [-0.39, 0.29) is 11.6 Å². The number of hydrogen-bond acceptors (Lipinski definition) is 4. The van der Waals surface area contributed by atoms with E-state index in [0.29, 0.717) is 12.1 Å². The van der Waals surface area contributed by atoms with Gasteiger partial charge < -0.3 is 15.7 Å². The van der Waals surface area contributed by atoms with Crippen LogP contribution in [0.15, 0.2) is 36.2 Å². The van der Waals surface area contributed by atoms with E-state index in [4.69, 9.17) is 0 Å². The molecule has 0 amide bonds. The van der Waals surface area contributed by atoms with Gasteiger partial charge in [-0.05, 0) is 31.5 Å². The Balaban J connectivity index is 1.89. The number of alkyl halides is 3. The van der Waals surface area contributed by atoms with Crippen molar-refractivity contribution in [2.24, 2.45) is 0 Å². The fourth-order valence-electron chi connectivity index (χ4n) is 3.23. The van der Waals surface area contributed by atoms with E-state index in [1.807, 2.05) is 6.92 Å². The molecule has 1 aromatic carbocycles. The average Bonchev–Trinajstić information content (AvgIpc) is 3.09. The maximum Gasteiger partial charge on any atom is 0.416 e. The molecule has 3 rings (SSSR count). The summed E-state index contributed by atoms with van der Waals surface area (Å²) in [6.45, 7) is 3.69. The highest BCUT2D eigenvalue weighted by molar-refractivity contribution is 5.62. The molecule has 9 heteroatoms. The van der Waals surface area contributed by atoms with E-state index in [9.17, 15) is 27.1 Å². The van der Waals surface area contributed by atoms with Crippen molar-refractivity contribution in [3.8, 4) is 17.1 Å². The van der Waals surface area contributed by atoms with Gasteiger partial charge in [0.2, 0.25) is 5.88 Å². The highest BCUT2D eigenvalue weighted by Crippen LogP contribution is 2.35. The van der Waals surface area contributed by atoms with Crippen molar-refractivity contribution in [1.29, 1.82) is 0 Å². The Morgan fingerprint density at radius 2 is 1.93 bits per heavy atom. The summed E-state index contributed by atoms with van der Waals surface area (Å²) in [5, 5.41) is 15.8. The maximum absolute atomic E-state index is 14.7. The highest BCUT2D eigenvalue weighted by Gasteiger charge is 2.32. The van der Waals surface area contributed by atoms with Gasteiger partial charge in [-0.3, -0.25) is 0 Å². The normalized spacial score (nSPS) is 17.6. The summed E-state index contributed by atoms with van der Waals surface area (Å²) in [6.07, 6.45) is -1.31. The predicted molar refractivity (Wildman–Crippen MR) is 97.7 cm³/mol. The van der Waals surface area contributed by atoms with Gasteiger partial charge in [-0.1, -0.05) is 6.92 Å². The minimum absolute atomic E-state index is 0.0308. The monoisotopic (exact) mass is 413 g/mol. The Morgan fingerprint density at radius 1 is 1.21 bits per heavy atom. The standard InChI is InChI=1S/C20H20F5N3O/c1-3-12-6-13(9-26-12)27-10(2)14-7-17(22)15(8-16(14)21)18-4-11(20(23,24)25)5-19(29)28-18/h4-5,7-10,12,26-27H,3,6H2,1-2H3,(H,28,29). The van der Waals surface area contributed by atoms with Crippen LogP contribution in [0.5, 0.6) is 5.88 Å². The van der Waals surface area contributed by atoms with E-state index in [0.717, 1.165) is 30.7 Å². The Kier molecular flexibility index (Phi) is 5.68. The Hall–Kier alpha value is -2.84. The molecular formula is C20H20F5N3O. The SMILES string of the molecule is CCC1CC(NC(C)c2cc(F)c(-c3cc(C(F)(F)F)cc(O)n3)cc2F)=CN1. The number of pyridine rings is 1. The fraction of sp³-hybridized carbons (Fsp3) is 0.350. The molecule has 4 nitrogen and oxygen atoms in total.